The average Bonchev–Trinajstić information content (AvgIpc) is 3.24. The molecule has 2 aromatic carbocycles. The normalized spacial score (nSPS) is 20.5. The zero-order chi connectivity index (χ0) is 16.7. The summed E-state index contributed by atoms with van der Waals surface area (Å²) in [6, 6.07) is 10.9. The van der Waals surface area contributed by atoms with Crippen LogP contribution < -0.4 is 9.47 Å². The van der Waals surface area contributed by atoms with Crippen molar-refractivity contribution in [2.75, 3.05) is 19.9 Å². The minimum atomic E-state index is -3.59. The molecule has 2 aliphatic heterocycles. The van der Waals surface area contributed by atoms with Crippen molar-refractivity contribution in [3.05, 3.63) is 53.8 Å². The van der Waals surface area contributed by atoms with Crippen molar-refractivity contribution in [2.45, 2.75) is 17.2 Å². The fourth-order valence-electron chi connectivity index (χ4n) is 3.14. The van der Waals surface area contributed by atoms with Crippen molar-refractivity contribution >= 4 is 10.0 Å². The van der Waals surface area contributed by atoms with Gasteiger partial charge in [0, 0.05) is 19.2 Å². The number of hydrogen-bond acceptors (Lipinski definition) is 4. The molecule has 126 valence electrons. The van der Waals surface area contributed by atoms with Crippen LogP contribution in [0.25, 0.3) is 0 Å². The number of ether oxygens (including phenoxy) is 2. The first-order valence-corrected chi connectivity index (χ1v) is 9.13. The van der Waals surface area contributed by atoms with E-state index >= 15 is 0 Å². The van der Waals surface area contributed by atoms with Gasteiger partial charge in [0.25, 0.3) is 0 Å². The molecule has 2 aliphatic rings. The van der Waals surface area contributed by atoms with Crippen molar-refractivity contribution in [1.29, 1.82) is 0 Å². The lowest BCUT2D eigenvalue weighted by molar-refractivity contribution is 0.174. The van der Waals surface area contributed by atoms with Crippen LogP contribution >= 0.6 is 0 Å². The molecule has 1 fully saturated rings. The fraction of sp³-hybridized carbons (Fsp3) is 0.294. The Bertz CT molecular complexity index is 867. The number of halogens is 1. The lowest BCUT2D eigenvalue weighted by atomic mass is 9.99. The topological polar surface area (TPSA) is 55.8 Å². The van der Waals surface area contributed by atoms with Crippen LogP contribution in [0.4, 0.5) is 4.39 Å². The second-order valence-electron chi connectivity index (χ2n) is 5.92. The van der Waals surface area contributed by atoms with Crippen molar-refractivity contribution < 1.29 is 22.3 Å². The molecule has 0 aromatic heterocycles. The van der Waals surface area contributed by atoms with E-state index in [4.69, 9.17) is 9.47 Å². The zero-order valence-corrected chi connectivity index (χ0v) is 13.6. The van der Waals surface area contributed by atoms with Crippen LogP contribution in [0.5, 0.6) is 11.5 Å². The van der Waals surface area contributed by atoms with Crippen LogP contribution in [0.1, 0.15) is 17.9 Å². The lowest BCUT2D eigenvalue weighted by Gasteiger charge is -2.17. The maximum Gasteiger partial charge on any atom is 0.243 e. The number of sulfonamides is 1. The Kier molecular flexibility index (Phi) is 3.69. The van der Waals surface area contributed by atoms with E-state index in [2.05, 4.69) is 0 Å². The van der Waals surface area contributed by atoms with E-state index in [1.807, 2.05) is 0 Å². The number of nitrogens with zero attached hydrogens (tertiary/aromatic N) is 1. The van der Waals surface area contributed by atoms with E-state index in [1.165, 1.54) is 28.6 Å². The summed E-state index contributed by atoms with van der Waals surface area (Å²) < 4.78 is 50.7. The summed E-state index contributed by atoms with van der Waals surface area (Å²) in [4.78, 5) is 0.200. The standard InChI is InChI=1S/C17H16FNO4S/c18-14-3-1-12(2-4-14)13-7-8-19(10-13)24(20,21)15-5-6-16-17(9-15)23-11-22-16/h1-6,9,13H,7-8,10-11H2/t13-/m0/s1. The van der Waals surface area contributed by atoms with Gasteiger partial charge in [-0.05, 0) is 42.2 Å². The summed E-state index contributed by atoms with van der Waals surface area (Å²) in [6.45, 7) is 0.941. The summed E-state index contributed by atoms with van der Waals surface area (Å²) in [6.07, 6.45) is 0.718. The van der Waals surface area contributed by atoms with Gasteiger partial charge < -0.3 is 9.47 Å². The van der Waals surface area contributed by atoms with E-state index in [1.54, 1.807) is 18.2 Å². The number of hydrogen-bond donors (Lipinski definition) is 0. The van der Waals surface area contributed by atoms with Gasteiger partial charge in [-0.25, -0.2) is 12.8 Å². The van der Waals surface area contributed by atoms with Crippen molar-refractivity contribution in [3.63, 3.8) is 0 Å². The maximum absolute atomic E-state index is 13.0. The predicted octanol–water partition coefficient (Wildman–Crippen LogP) is 2.73. The number of fused-ring (bicyclic) bond motifs is 1. The van der Waals surface area contributed by atoms with E-state index in [0.717, 1.165) is 12.0 Å². The van der Waals surface area contributed by atoms with Gasteiger partial charge in [-0.15, -0.1) is 0 Å². The summed E-state index contributed by atoms with van der Waals surface area (Å²) in [5, 5.41) is 0. The minimum Gasteiger partial charge on any atom is -0.454 e. The number of rotatable bonds is 3. The summed E-state index contributed by atoms with van der Waals surface area (Å²) in [5.74, 6) is 0.792. The van der Waals surface area contributed by atoms with Crippen LogP contribution in [-0.2, 0) is 10.0 Å². The largest absolute Gasteiger partial charge is 0.454 e. The third-order valence-corrected chi connectivity index (χ3v) is 6.34. The Hall–Kier alpha value is -2.12. The molecule has 0 saturated carbocycles. The van der Waals surface area contributed by atoms with Crippen LogP contribution in [0.2, 0.25) is 0 Å². The third kappa shape index (κ3) is 2.63. The molecule has 0 spiro atoms. The van der Waals surface area contributed by atoms with Gasteiger partial charge in [-0.1, -0.05) is 12.1 Å². The van der Waals surface area contributed by atoms with E-state index in [9.17, 15) is 12.8 Å². The molecule has 0 amide bonds. The molecule has 1 atom stereocenters. The molecule has 2 aromatic rings. The van der Waals surface area contributed by atoms with Crippen LogP contribution in [0.15, 0.2) is 47.4 Å². The highest BCUT2D eigenvalue weighted by molar-refractivity contribution is 7.89. The first-order chi connectivity index (χ1) is 11.5. The van der Waals surface area contributed by atoms with E-state index in [-0.39, 0.29) is 23.4 Å². The Labute approximate surface area is 139 Å². The monoisotopic (exact) mass is 349 g/mol. The predicted molar refractivity (Wildman–Crippen MR) is 85.1 cm³/mol. The number of benzene rings is 2. The molecule has 0 radical (unpaired) electrons. The molecule has 0 aliphatic carbocycles. The SMILES string of the molecule is O=S(=O)(c1ccc2c(c1)OCO2)N1CC[C@H](c2ccc(F)cc2)C1. The van der Waals surface area contributed by atoms with Gasteiger partial charge in [0.15, 0.2) is 11.5 Å². The first kappa shape index (κ1) is 15.4. The Balaban J connectivity index is 1.56. The second kappa shape index (κ2) is 5.75. The minimum absolute atomic E-state index is 0.0781. The molecular formula is C17H16FNO4S. The maximum atomic E-state index is 13.0. The van der Waals surface area contributed by atoms with Crippen LogP contribution in [0.3, 0.4) is 0 Å². The molecule has 5 nitrogen and oxygen atoms in total. The van der Waals surface area contributed by atoms with Crippen molar-refractivity contribution in [3.8, 4) is 11.5 Å². The van der Waals surface area contributed by atoms with Gasteiger partial charge in [0.1, 0.15) is 5.82 Å². The Morgan fingerprint density at radius 2 is 1.79 bits per heavy atom. The van der Waals surface area contributed by atoms with Crippen molar-refractivity contribution in [1.82, 2.24) is 4.31 Å². The van der Waals surface area contributed by atoms with Crippen molar-refractivity contribution in [2.24, 2.45) is 0 Å². The van der Waals surface area contributed by atoms with Gasteiger partial charge >= 0.3 is 0 Å². The highest BCUT2D eigenvalue weighted by Gasteiger charge is 2.34. The fourth-order valence-corrected chi connectivity index (χ4v) is 4.66. The quantitative estimate of drug-likeness (QED) is 0.855. The van der Waals surface area contributed by atoms with Gasteiger partial charge in [-0.2, -0.15) is 4.31 Å². The third-order valence-electron chi connectivity index (χ3n) is 4.47. The molecule has 24 heavy (non-hydrogen) atoms. The second-order valence-corrected chi connectivity index (χ2v) is 7.85. The molecule has 0 bridgehead atoms. The van der Waals surface area contributed by atoms with Gasteiger partial charge in [0.05, 0.1) is 4.90 Å². The van der Waals surface area contributed by atoms with Gasteiger partial charge in [-0.3, -0.25) is 0 Å². The molecule has 1 saturated heterocycles. The van der Waals surface area contributed by atoms with E-state index < -0.39 is 10.0 Å². The summed E-state index contributed by atoms with van der Waals surface area (Å²) in [5.41, 5.74) is 0.958. The highest BCUT2D eigenvalue weighted by Crippen LogP contribution is 2.36. The highest BCUT2D eigenvalue weighted by atomic mass is 32.2. The Morgan fingerprint density at radius 1 is 1.04 bits per heavy atom. The zero-order valence-electron chi connectivity index (χ0n) is 12.8. The van der Waals surface area contributed by atoms with Gasteiger partial charge in [0.2, 0.25) is 16.8 Å². The molecule has 0 unspecified atom stereocenters. The van der Waals surface area contributed by atoms with Crippen LogP contribution in [0, 0.1) is 5.82 Å². The summed E-state index contributed by atoms with van der Waals surface area (Å²) >= 11 is 0. The van der Waals surface area contributed by atoms with Crippen LogP contribution in [-0.4, -0.2) is 32.6 Å². The Morgan fingerprint density at radius 3 is 2.58 bits per heavy atom. The molecule has 7 heteroatoms. The average molecular weight is 349 g/mol. The molecule has 0 N–H and O–H groups in total. The molecule has 2 heterocycles. The lowest BCUT2D eigenvalue weighted by Crippen LogP contribution is -2.28. The molecular weight excluding hydrogens is 333 g/mol. The smallest absolute Gasteiger partial charge is 0.243 e. The first-order valence-electron chi connectivity index (χ1n) is 7.69. The van der Waals surface area contributed by atoms with E-state index in [0.29, 0.717) is 24.6 Å². The summed E-state index contributed by atoms with van der Waals surface area (Å²) in [7, 11) is -3.59. The molecule has 4 rings (SSSR count).